The van der Waals surface area contributed by atoms with Gasteiger partial charge in [0.1, 0.15) is 0 Å². The molecule has 0 unspecified atom stereocenters. The van der Waals surface area contributed by atoms with Crippen molar-refractivity contribution in [2.45, 2.75) is 25.2 Å². The topological polar surface area (TPSA) is 72.4 Å². The van der Waals surface area contributed by atoms with Crippen molar-refractivity contribution >= 4 is 17.6 Å². The largest absolute Gasteiger partial charge is 0.330 e. The van der Waals surface area contributed by atoms with E-state index >= 15 is 0 Å². The van der Waals surface area contributed by atoms with Gasteiger partial charge < -0.3 is 5.73 Å². The number of non-ortho nitro benzene ring substituents is 1. The van der Waals surface area contributed by atoms with Crippen molar-refractivity contribution in [2.24, 2.45) is 11.7 Å². The Labute approximate surface area is 118 Å². The van der Waals surface area contributed by atoms with E-state index in [4.69, 9.17) is 5.73 Å². The third-order valence-corrected chi connectivity index (χ3v) is 3.54. The maximum Gasteiger partial charge on any atom is 0.269 e. The molecule has 1 rings (SSSR count). The molecule has 0 saturated heterocycles. The molecule has 2 N–H and O–H groups in total. The van der Waals surface area contributed by atoms with E-state index in [1.54, 1.807) is 36.2 Å². The zero-order valence-corrected chi connectivity index (χ0v) is 12.2. The molecule has 1 aromatic rings. The predicted molar refractivity (Wildman–Crippen MR) is 79.0 cm³/mol. The van der Waals surface area contributed by atoms with E-state index in [2.05, 4.69) is 18.2 Å². The molecule has 0 amide bonds. The van der Waals surface area contributed by atoms with Gasteiger partial charge in [0, 0.05) is 30.1 Å². The van der Waals surface area contributed by atoms with Gasteiger partial charge in [-0.15, -0.1) is 0 Å². The molecular formula is C13H21N3O2S. The molecule has 0 aliphatic heterocycles. The highest BCUT2D eigenvalue weighted by atomic mass is 32.2. The van der Waals surface area contributed by atoms with Crippen LogP contribution >= 0.6 is 11.9 Å². The highest BCUT2D eigenvalue weighted by Crippen LogP contribution is 2.25. The van der Waals surface area contributed by atoms with Crippen molar-refractivity contribution in [1.82, 2.24) is 4.31 Å². The van der Waals surface area contributed by atoms with Gasteiger partial charge in [0.05, 0.1) is 4.92 Å². The SMILES string of the molecule is CC(C)CN(CCCN)Sc1ccc([N+](=O)[O-])cc1. The summed E-state index contributed by atoms with van der Waals surface area (Å²) in [6.45, 7) is 6.92. The van der Waals surface area contributed by atoms with Crippen molar-refractivity contribution in [3.63, 3.8) is 0 Å². The minimum atomic E-state index is -0.380. The Morgan fingerprint density at radius 3 is 2.47 bits per heavy atom. The molecule has 0 radical (unpaired) electrons. The van der Waals surface area contributed by atoms with Crippen LogP contribution in [0.15, 0.2) is 29.2 Å². The van der Waals surface area contributed by atoms with Gasteiger partial charge >= 0.3 is 0 Å². The molecule has 0 heterocycles. The van der Waals surface area contributed by atoms with Crippen LogP contribution in [-0.2, 0) is 0 Å². The molecule has 0 atom stereocenters. The Bertz CT molecular complexity index is 395. The van der Waals surface area contributed by atoms with E-state index in [0.29, 0.717) is 12.5 Å². The van der Waals surface area contributed by atoms with Crippen LogP contribution < -0.4 is 5.73 Å². The van der Waals surface area contributed by atoms with Gasteiger partial charge in [-0.05, 0) is 43.0 Å². The lowest BCUT2D eigenvalue weighted by molar-refractivity contribution is -0.384. The van der Waals surface area contributed by atoms with E-state index in [-0.39, 0.29) is 10.6 Å². The van der Waals surface area contributed by atoms with Gasteiger partial charge in [-0.2, -0.15) is 0 Å². The molecule has 0 spiro atoms. The van der Waals surface area contributed by atoms with Crippen LogP contribution in [-0.4, -0.2) is 28.9 Å². The Balaban J connectivity index is 2.63. The fourth-order valence-corrected chi connectivity index (χ4v) is 2.78. The number of rotatable bonds is 8. The molecule has 5 nitrogen and oxygen atoms in total. The first kappa shape index (κ1) is 15.9. The number of nitro benzene ring substituents is 1. The van der Waals surface area contributed by atoms with Crippen molar-refractivity contribution < 1.29 is 4.92 Å². The summed E-state index contributed by atoms with van der Waals surface area (Å²) < 4.78 is 2.26. The summed E-state index contributed by atoms with van der Waals surface area (Å²) in [7, 11) is 0. The van der Waals surface area contributed by atoms with E-state index in [1.165, 1.54) is 0 Å². The van der Waals surface area contributed by atoms with E-state index in [9.17, 15) is 10.1 Å². The highest BCUT2D eigenvalue weighted by molar-refractivity contribution is 7.97. The van der Waals surface area contributed by atoms with E-state index < -0.39 is 0 Å². The molecule has 0 aliphatic rings. The number of hydrogen-bond acceptors (Lipinski definition) is 5. The fourth-order valence-electron chi connectivity index (χ4n) is 1.63. The summed E-state index contributed by atoms with van der Waals surface area (Å²) in [6, 6.07) is 6.66. The van der Waals surface area contributed by atoms with E-state index in [1.807, 2.05) is 0 Å². The van der Waals surface area contributed by atoms with Crippen LogP contribution in [0.1, 0.15) is 20.3 Å². The van der Waals surface area contributed by atoms with Crippen LogP contribution in [0.4, 0.5) is 5.69 Å². The number of benzene rings is 1. The molecule has 0 aromatic heterocycles. The average molecular weight is 283 g/mol. The second kappa shape index (κ2) is 8.14. The second-order valence-electron chi connectivity index (χ2n) is 4.77. The number of nitrogens with two attached hydrogens (primary N) is 1. The van der Waals surface area contributed by atoms with E-state index in [0.717, 1.165) is 24.4 Å². The first-order valence-electron chi connectivity index (χ1n) is 6.40. The maximum atomic E-state index is 10.6. The zero-order valence-electron chi connectivity index (χ0n) is 11.4. The fraction of sp³-hybridized carbons (Fsp3) is 0.538. The van der Waals surface area contributed by atoms with Gasteiger partial charge in [0.25, 0.3) is 5.69 Å². The third-order valence-electron chi connectivity index (χ3n) is 2.46. The summed E-state index contributed by atoms with van der Waals surface area (Å²) in [5.74, 6) is 0.573. The molecular weight excluding hydrogens is 262 g/mol. The molecule has 0 aliphatic carbocycles. The minimum absolute atomic E-state index is 0.127. The molecule has 0 fully saturated rings. The Hall–Kier alpha value is -1.11. The molecule has 1 aromatic carbocycles. The quantitative estimate of drug-likeness (QED) is 0.451. The van der Waals surface area contributed by atoms with Gasteiger partial charge in [0.2, 0.25) is 0 Å². The van der Waals surface area contributed by atoms with Crippen LogP contribution in [0.3, 0.4) is 0 Å². The molecule has 19 heavy (non-hydrogen) atoms. The summed E-state index contributed by atoms with van der Waals surface area (Å²) >= 11 is 1.63. The minimum Gasteiger partial charge on any atom is -0.330 e. The number of hydrogen-bond donors (Lipinski definition) is 1. The molecule has 6 heteroatoms. The first-order valence-corrected chi connectivity index (χ1v) is 7.17. The smallest absolute Gasteiger partial charge is 0.269 e. The predicted octanol–water partition coefficient (Wildman–Crippen LogP) is 2.91. The van der Waals surface area contributed by atoms with Crippen LogP contribution in [0.25, 0.3) is 0 Å². The standard InChI is InChI=1S/C13H21N3O2S/c1-11(2)10-15(9-3-8-14)19-13-6-4-12(5-7-13)16(17)18/h4-7,11H,3,8-10,14H2,1-2H3. The Morgan fingerprint density at radius 1 is 1.37 bits per heavy atom. The summed E-state index contributed by atoms with van der Waals surface area (Å²) in [5.41, 5.74) is 5.67. The van der Waals surface area contributed by atoms with Crippen molar-refractivity contribution in [1.29, 1.82) is 0 Å². The second-order valence-corrected chi connectivity index (χ2v) is 5.94. The lowest BCUT2D eigenvalue weighted by Crippen LogP contribution is -2.23. The van der Waals surface area contributed by atoms with Crippen molar-refractivity contribution in [3.8, 4) is 0 Å². The zero-order chi connectivity index (χ0) is 14.3. The van der Waals surface area contributed by atoms with Crippen LogP contribution in [0.5, 0.6) is 0 Å². The highest BCUT2D eigenvalue weighted by Gasteiger charge is 2.10. The Kier molecular flexibility index (Phi) is 6.83. The molecule has 0 saturated carbocycles. The van der Waals surface area contributed by atoms with Gasteiger partial charge in [-0.3, -0.25) is 10.1 Å². The monoisotopic (exact) mass is 283 g/mol. The van der Waals surface area contributed by atoms with Crippen LogP contribution in [0.2, 0.25) is 0 Å². The summed E-state index contributed by atoms with van der Waals surface area (Å²) in [5, 5.41) is 10.6. The van der Waals surface area contributed by atoms with Gasteiger partial charge in [0.15, 0.2) is 0 Å². The normalized spacial score (nSPS) is 11.2. The van der Waals surface area contributed by atoms with Crippen molar-refractivity contribution in [3.05, 3.63) is 34.4 Å². The van der Waals surface area contributed by atoms with Gasteiger partial charge in [-0.25, -0.2) is 4.31 Å². The lowest BCUT2D eigenvalue weighted by Gasteiger charge is -2.22. The number of nitro groups is 1. The van der Waals surface area contributed by atoms with Crippen LogP contribution in [0, 0.1) is 16.0 Å². The summed E-state index contributed by atoms with van der Waals surface area (Å²) in [4.78, 5) is 11.2. The maximum absolute atomic E-state index is 10.6. The number of nitrogens with zero attached hydrogens (tertiary/aromatic N) is 2. The first-order chi connectivity index (χ1) is 9.02. The third kappa shape index (κ3) is 6.04. The molecule has 0 bridgehead atoms. The Morgan fingerprint density at radius 2 is 2.00 bits per heavy atom. The lowest BCUT2D eigenvalue weighted by atomic mass is 10.2. The van der Waals surface area contributed by atoms with Gasteiger partial charge in [-0.1, -0.05) is 13.8 Å². The summed E-state index contributed by atoms with van der Waals surface area (Å²) in [6.07, 6.45) is 0.951. The average Bonchev–Trinajstić information content (AvgIpc) is 2.36. The molecule has 106 valence electrons. The van der Waals surface area contributed by atoms with Crippen molar-refractivity contribution in [2.75, 3.05) is 19.6 Å².